The lowest BCUT2D eigenvalue weighted by atomic mass is 10.1. The Morgan fingerprint density at radius 3 is 2.56 bits per heavy atom. The zero-order chi connectivity index (χ0) is 26.0. The van der Waals surface area contributed by atoms with E-state index in [1.807, 2.05) is 36.6 Å². The van der Waals surface area contributed by atoms with E-state index in [9.17, 15) is 20.0 Å². The maximum Gasteiger partial charge on any atom is 0.269 e. The number of nitrogens with zero attached hydrogens (tertiary/aromatic N) is 4. The second-order valence-corrected chi connectivity index (χ2v) is 10.0. The maximum absolute atomic E-state index is 12.7. The number of non-ortho nitro benzene ring substituents is 1. The topological polar surface area (TPSA) is 123 Å². The average Bonchev–Trinajstić information content (AvgIpc) is 3.24. The highest BCUT2D eigenvalue weighted by molar-refractivity contribution is 9.10. The maximum atomic E-state index is 12.7. The van der Waals surface area contributed by atoms with Gasteiger partial charge in [-0.15, -0.1) is 10.2 Å². The number of hydrogen-bond acceptors (Lipinski definition) is 7. The first-order valence-corrected chi connectivity index (χ1v) is 12.6. The Labute approximate surface area is 219 Å². The molecule has 4 rings (SSSR count). The summed E-state index contributed by atoms with van der Waals surface area (Å²) in [5, 5.41) is 33.4. The summed E-state index contributed by atoms with van der Waals surface area (Å²) in [5.74, 6) is 0.234. The van der Waals surface area contributed by atoms with Gasteiger partial charge in [0.15, 0.2) is 11.0 Å². The normalized spacial score (nSPS) is 10.9. The number of thioether (sulfide) groups is 1. The first-order chi connectivity index (χ1) is 17.1. The van der Waals surface area contributed by atoms with E-state index in [2.05, 4.69) is 31.4 Å². The van der Waals surface area contributed by atoms with Gasteiger partial charge in [0.25, 0.3) is 5.69 Å². The van der Waals surface area contributed by atoms with Crippen molar-refractivity contribution < 1.29 is 14.8 Å². The molecule has 36 heavy (non-hydrogen) atoms. The molecule has 1 amide bonds. The van der Waals surface area contributed by atoms with E-state index in [0.717, 1.165) is 21.3 Å². The predicted octanol–water partition coefficient (Wildman–Crippen LogP) is 5.97. The monoisotopic (exact) mass is 567 g/mol. The molecule has 184 valence electrons. The van der Waals surface area contributed by atoms with E-state index >= 15 is 0 Å². The first-order valence-electron chi connectivity index (χ1n) is 10.8. The predicted molar refractivity (Wildman–Crippen MR) is 143 cm³/mol. The SMILES string of the molecule is Cc1ccc(-n2c(SCC(=O)Nc3ccc([N+](=O)[O-])cc3C)nnc2-c2cc(Br)ccc2O)c(C)c1. The molecular formula is C25H22BrN5O4S. The summed E-state index contributed by atoms with van der Waals surface area (Å²) >= 11 is 4.64. The van der Waals surface area contributed by atoms with E-state index < -0.39 is 4.92 Å². The van der Waals surface area contributed by atoms with Crippen molar-refractivity contribution in [2.75, 3.05) is 11.1 Å². The summed E-state index contributed by atoms with van der Waals surface area (Å²) < 4.78 is 2.60. The minimum absolute atomic E-state index is 0.0317. The zero-order valence-electron chi connectivity index (χ0n) is 19.7. The van der Waals surface area contributed by atoms with Gasteiger partial charge in [-0.2, -0.15) is 0 Å². The molecule has 0 bridgehead atoms. The molecule has 1 aromatic heterocycles. The number of benzene rings is 3. The number of amides is 1. The van der Waals surface area contributed by atoms with Crippen LogP contribution >= 0.6 is 27.7 Å². The molecule has 4 aromatic rings. The van der Waals surface area contributed by atoms with Crippen molar-refractivity contribution in [2.45, 2.75) is 25.9 Å². The molecule has 0 aliphatic carbocycles. The van der Waals surface area contributed by atoms with Gasteiger partial charge in [-0.25, -0.2) is 0 Å². The Morgan fingerprint density at radius 2 is 1.86 bits per heavy atom. The Morgan fingerprint density at radius 1 is 1.08 bits per heavy atom. The lowest BCUT2D eigenvalue weighted by molar-refractivity contribution is -0.384. The number of aromatic hydroxyl groups is 1. The van der Waals surface area contributed by atoms with Crippen LogP contribution in [0.5, 0.6) is 5.75 Å². The zero-order valence-corrected chi connectivity index (χ0v) is 22.1. The van der Waals surface area contributed by atoms with Crippen LogP contribution in [0.15, 0.2) is 64.2 Å². The number of aryl methyl sites for hydroxylation is 3. The minimum atomic E-state index is -0.477. The molecule has 2 N–H and O–H groups in total. The Bertz CT molecular complexity index is 1490. The van der Waals surface area contributed by atoms with E-state index in [1.54, 1.807) is 25.1 Å². The van der Waals surface area contributed by atoms with Gasteiger partial charge in [0.05, 0.1) is 21.9 Å². The van der Waals surface area contributed by atoms with Crippen molar-refractivity contribution in [2.24, 2.45) is 0 Å². The third kappa shape index (κ3) is 5.42. The highest BCUT2D eigenvalue weighted by Gasteiger charge is 2.21. The molecule has 0 saturated heterocycles. The average molecular weight is 568 g/mol. The van der Waals surface area contributed by atoms with Gasteiger partial charge in [-0.1, -0.05) is 45.4 Å². The number of nitro benzene ring substituents is 1. The van der Waals surface area contributed by atoms with Crippen LogP contribution in [0.3, 0.4) is 0 Å². The van der Waals surface area contributed by atoms with Gasteiger partial charge >= 0.3 is 0 Å². The van der Waals surface area contributed by atoms with Crippen LogP contribution < -0.4 is 5.32 Å². The van der Waals surface area contributed by atoms with Crippen molar-refractivity contribution >= 4 is 45.0 Å². The molecule has 0 unspecified atom stereocenters. The van der Waals surface area contributed by atoms with Crippen molar-refractivity contribution in [3.05, 3.63) is 85.9 Å². The summed E-state index contributed by atoms with van der Waals surface area (Å²) in [5.41, 5.74) is 4.46. The Hall–Kier alpha value is -3.70. The van der Waals surface area contributed by atoms with Gasteiger partial charge < -0.3 is 10.4 Å². The highest BCUT2D eigenvalue weighted by atomic mass is 79.9. The third-order valence-electron chi connectivity index (χ3n) is 5.45. The van der Waals surface area contributed by atoms with Crippen LogP contribution in [0.25, 0.3) is 17.1 Å². The number of carbonyl (C=O) groups is 1. The second-order valence-electron chi connectivity index (χ2n) is 8.19. The molecule has 0 aliphatic rings. The number of nitro groups is 1. The number of aromatic nitrogens is 3. The van der Waals surface area contributed by atoms with Crippen LogP contribution in [0.1, 0.15) is 16.7 Å². The number of anilines is 1. The van der Waals surface area contributed by atoms with Gasteiger partial charge in [0.2, 0.25) is 5.91 Å². The van der Waals surface area contributed by atoms with Crippen molar-refractivity contribution in [1.82, 2.24) is 14.8 Å². The lowest BCUT2D eigenvalue weighted by Crippen LogP contribution is -2.15. The van der Waals surface area contributed by atoms with E-state index in [4.69, 9.17) is 0 Å². The van der Waals surface area contributed by atoms with Crippen LogP contribution in [0.2, 0.25) is 0 Å². The molecule has 1 heterocycles. The first kappa shape index (κ1) is 25.4. The lowest BCUT2D eigenvalue weighted by Gasteiger charge is -2.14. The molecule has 0 atom stereocenters. The Balaban J connectivity index is 1.64. The molecule has 11 heteroatoms. The minimum Gasteiger partial charge on any atom is -0.507 e. The van der Waals surface area contributed by atoms with E-state index in [0.29, 0.717) is 27.8 Å². The molecule has 0 spiro atoms. The molecular weight excluding hydrogens is 546 g/mol. The van der Waals surface area contributed by atoms with E-state index in [1.165, 1.54) is 30.0 Å². The summed E-state index contributed by atoms with van der Waals surface area (Å²) in [7, 11) is 0. The van der Waals surface area contributed by atoms with E-state index in [-0.39, 0.29) is 23.1 Å². The summed E-state index contributed by atoms with van der Waals surface area (Å²) in [4.78, 5) is 23.2. The molecule has 9 nitrogen and oxygen atoms in total. The smallest absolute Gasteiger partial charge is 0.269 e. The number of rotatable bonds is 7. The van der Waals surface area contributed by atoms with Gasteiger partial charge in [-0.05, 0) is 62.2 Å². The third-order valence-corrected chi connectivity index (χ3v) is 6.88. The quantitative estimate of drug-likeness (QED) is 0.160. The van der Waals surface area contributed by atoms with Gasteiger partial charge in [-0.3, -0.25) is 19.5 Å². The highest BCUT2D eigenvalue weighted by Crippen LogP contribution is 2.35. The molecule has 0 fully saturated rings. The van der Waals surface area contributed by atoms with Crippen molar-refractivity contribution in [3.8, 4) is 22.8 Å². The number of carbonyl (C=O) groups excluding carboxylic acids is 1. The molecule has 0 saturated carbocycles. The van der Waals surface area contributed by atoms with Crippen LogP contribution in [-0.2, 0) is 4.79 Å². The number of halogens is 1. The van der Waals surface area contributed by atoms with Crippen molar-refractivity contribution in [3.63, 3.8) is 0 Å². The number of phenols is 1. The number of nitrogens with one attached hydrogen (secondary N) is 1. The summed E-state index contributed by atoms with van der Waals surface area (Å²) in [6.45, 7) is 5.68. The second kappa shape index (κ2) is 10.5. The fourth-order valence-electron chi connectivity index (χ4n) is 3.72. The molecule has 0 aliphatic heterocycles. The number of phenolic OH excluding ortho intramolecular Hbond substituents is 1. The largest absolute Gasteiger partial charge is 0.507 e. The van der Waals surface area contributed by atoms with Gasteiger partial charge in [0, 0.05) is 22.3 Å². The summed E-state index contributed by atoms with van der Waals surface area (Å²) in [6.07, 6.45) is 0. The molecule has 0 radical (unpaired) electrons. The standard InChI is InChI=1S/C25H22BrN5O4S/c1-14-4-8-21(16(3)10-14)30-24(19-12-17(26)5-9-22(19)32)28-29-25(30)36-13-23(33)27-20-7-6-18(31(34)35)11-15(20)2/h4-12,32H,13H2,1-3H3,(H,27,33). The fraction of sp³-hybridized carbons (Fsp3) is 0.160. The number of hydrogen-bond donors (Lipinski definition) is 2. The summed E-state index contributed by atoms with van der Waals surface area (Å²) in [6, 6.07) is 15.3. The van der Waals surface area contributed by atoms with Crippen molar-refractivity contribution in [1.29, 1.82) is 0 Å². The van der Waals surface area contributed by atoms with Crippen LogP contribution in [-0.4, -0.2) is 36.5 Å². The Kier molecular flexibility index (Phi) is 7.41. The fourth-order valence-corrected chi connectivity index (χ4v) is 4.82. The van der Waals surface area contributed by atoms with Crippen LogP contribution in [0, 0.1) is 30.9 Å². The molecule has 3 aromatic carbocycles. The van der Waals surface area contributed by atoms with Crippen LogP contribution in [0.4, 0.5) is 11.4 Å². The van der Waals surface area contributed by atoms with Gasteiger partial charge in [0.1, 0.15) is 5.75 Å².